The molecule has 1 N–H and O–H groups in total. The Kier molecular flexibility index (Phi) is 3.82. The first kappa shape index (κ1) is 13.0. The van der Waals surface area contributed by atoms with Gasteiger partial charge in [0.25, 0.3) is 0 Å². The van der Waals surface area contributed by atoms with Crippen molar-refractivity contribution in [3.05, 3.63) is 29.3 Å². The lowest BCUT2D eigenvalue weighted by atomic mass is 10.0. The fourth-order valence-electron chi connectivity index (χ4n) is 2.53. The molecule has 0 bridgehead atoms. The predicted molar refractivity (Wildman–Crippen MR) is 79.6 cm³/mol. The maximum atomic E-state index is 5.99. The van der Waals surface area contributed by atoms with Gasteiger partial charge in [0.1, 0.15) is 11.1 Å². The summed E-state index contributed by atoms with van der Waals surface area (Å²) in [5.74, 6) is 0.708. The maximum absolute atomic E-state index is 5.99. The zero-order valence-corrected chi connectivity index (χ0v) is 12.2. The first-order chi connectivity index (χ1) is 9.22. The van der Waals surface area contributed by atoms with Crippen LogP contribution in [0.2, 0.25) is 0 Å². The van der Waals surface area contributed by atoms with E-state index in [1.807, 2.05) is 6.07 Å². The number of nitrogens with zero attached hydrogens (tertiary/aromatic N) is 1. The van der Waals surface area contributed by atoms with Crippen LogP contribution in [0.5, 0.6) is 0 Å². The molecule has 1 fully saturated rings. The summed E-state index contributed by atoms with van der Waals surface area (Å²) in [6, 6.07) is 8.76. The van der Waals surface area contributed by atoms with Gasteiger partial charge in [-0.25, -0.2) is 4.98 Å². The van der Waals surface area contributed by atoms with Crippen LogP contribution in [0.15, 0.2) is 24.3 Å². The van der Waals surface area contributed by atoms with Crippen molar-refractivity contribution >= 4 is 21.6 Å². The van der Waals surface area contributed by atoms with Gasteiger partial charge in [0.15, 0.2) is 0 Å². The summed E-state index contributed by atoms with van der Waals surface area (Å²) in [7, 11) is 0. The van der Waals surface area contributed by atoms with Crippen molar-refractivity contribution in [3.8, 4) is 0 Å². The zero-order valence-electron chi connectivity index (χ0n) is 11.4. The third-order valence-electron chi connectivity index (χ3n) is 3.43. The number of rotatable bonds is 3. The van der Waals surface area contributed by atoms with Gasteiger partial charge < -0.3 is 10.1 Å². The van der Waals surface area contributed by atoms with E-state index in [9.17, 15) is 0 Å². The Bertz CT molecular complexity index is 511. The van der Waals surface area contributed by atoms with Crippen molar-refractivity contribution in [2.45, 2.75) is 32.4 Å². The smallest absolute Gasteiger partial charge is 0.124 e. The summed E-state index contributed by atoms with van der Waals surface area (Å²) in [5, 5.41) is 4.68. The molecule has 2 atom stereocenters. The molecule has 19 heavy (non-hydrogen) atoms. The number of hydrogen-bond donors (Lipinski definition) is 1. The molecular formula is C15H20N2OS. The molecular weight excluding hydrogens is 256 g/mol. The van der Waals surface area contributed by atoms with Gasteiger partial charge in [0.05, 0.1) is 16.8 Å². The van der Waals surface area contributed by atoms with Crippen LogP contribution in [0.3, 0.4) is 0 Å². The molecule has 102 valence electrons. The molecule has 0 aliphatic carbocycles. The van der Waals surface area contributed by atoms with E-state index < -0.39 is 0 Å². The van der Waals surface area contributed by atoms with E-state index in [2.05, 4.69) is 42.3 Å². The molecule has 4 heteroatoms. The molecule has 1 aromatic carbocycles. The Morgan fingerprint density at radius 1 is 1.42 bits per heavy atom. The predicted octanol–water partition coefficient (Wildman–Crippen LogP) is 3.37. The number of nitrogens with one attached hydrogen (secondary N) is 1. The number of morpholine rings is 1. The number of para-hydroxylation sites is 1. The monoisotopic (exact) mass is 276 g/mol. The number of ether oxygens (including phenoxy) is 1. The average Bonchev–Trinajstić information content (AvgIpc) is 2.82. The topological polar surface area (TPSA) is 34.1 Å². The van der Waals surface area contributed by atoms with Crippen LogP contribution in [-0.2, 0) is 4.74 Å². The third-order valence-corrected chi connectivity index (χ3v) is 4.56. The molecule has 3 rings (SSSR count). The fraction of sp³-hybridized carbons (Fsp3) is 0.533. The number of aromatic nitrogens is 1. The van der Waals surface area contributed by atoms with Gasteiger partial charge in [-0.15, -0.1) is 11.3 Å². The van der Waals surface area contributed by atoms with Gasteiger partial charge >= 0.3 is 0 Å². The SMILES string of the molecule is CC(C)CC1COC(c2nc3ccccc3s2)CN1. The molecule has 0 amide bonds. The van der Waals surface area contributed by atoms with Crippen LogP contribution < -0.4 is 5.32 Å². The van der Waals surface area contributed by atoms with Crippen molar-refractivity contribution in [2.24, 2.45) is 5.92 Å². The summed E-state index contributed by atoms with van der Waals surface area (Å²) in [6.45, 7) is 6.17. The van der Waals surface area contributed by atoms with E-state index in [0.717, 1.165) is 23.7 Å². The molecule has 1 aliphatic heterocycles. The second-order valence-corrected chi connectivity index (χ2v) is 6.64. The molecule has 1 aromatic heterocycles. The van der Waals surface area contributed by atoms with Gasteiger partial charge in [0, 0.05) is 12.6 Å². The van der Waals surface area contributed by atoms with Crippen molar-refractivity contribution in [1.29, 1.82) is 0 Å². The van der Waals surface area contributed by atoms with Crippen molar-refractivity contribution in [1.82, 2.24) is 10.3 Å². The number of fused-ring (bicyclic) bond motifs is 1. The number of hydrogen-bond acceptors (Lipinski definition) is 4. The highest BCUT2D eigenvalue weighted by Crippen LogP contribution is 2.29. The molecule has 2 heterocycles. The van der Waals surface area contributed by atoms with Crippen molar-refractivity contribution < 1.29 is 4.74 Å². The van der Waals surface area contributed by atoms with E-state index in [1.54, 1.807) is 11.3 Å². The molecule has 0 saturated carbocycles. The Morgan fingerprint density at radius 3 is 2.95 bits per heavy atom. The van der Waals surface area contributed by atoms with E-state index in [0.29, 0.717) is 12.0 Å². The molecule has 3 nitrogen and oxygen atoms in total. The first-order valence-corrected chi connectivity index (χ1v) is 7.74. The minimum Gasteiger partial charge on any atom is -0.368 e. The van der Waals surface area contributed by atoms with Crippen LogP contribution in [0, 0.1) is 5.92 Å². The molecule has 2 aromatic rings. The summed E-state index contributed by atoms with van der Waals surface area (Å²) in [5.41, 5.74) is 1.08. The Labute approximate surface area is 118 Å². The van der Waals surface area contributed by atoms with Gasteiger partial charge in [-0.05, 0) is 24.5 Å². The Hall–Kier alpha value is -0.970. The van der Waals surface area contributed by atoms with E-state index in [-0.39, 0.29) is 6.10 Å². The highest BCUT2D eigenvalue weighted by molar-refractivity contribution is 7.18. The largest absolute Gasteiger partial charge is 0.368 e. The fourth-order valence-corrected chi connectivity index (χ4v) is 3.55. The van der Waals surface area contributed by atoms with Gasteiger partial charge in [0.2, 0.25) is 0 Å². The van der Waals surface area contributed by atoms with Crippen LogP contribution in [0.4, 0.5) is 0 Å². The first-order valence-electron chi connectivity index (χ1n) is 6.93. The highest BCUT2D eigenvalue weighted by Gasteiger charge is 2.25. The molecule has 2 unspecified atom stereocenters. The lowest BCUT2D eigenvalue weighted by molar-refractivity contribution is -0.00130. The minimum atomic E-state index is 0.112. The van der Waals surface area contributed by atoms with Crippen molar-refractivity contribution in [2.75, 3.05) is 13.2 Å². The van der Waals surface area contributed by atoms with Crippen LogP contribution in [0.25, 0.3) is 10.2 Å². The van der Waals surface area contributed by atoms with Crippen LogP contribution >= 0.6 is 11.3 Å². The van der Waals surface area contributed by atoms with E-state index >= 15 is 0 Å². The third kappa shape index (κ3) is 2.96. The van der Waals surface area contributed by atoms with Gasteiger partial charge in [-0.1, -0.05) is 26.0 Å². The summed E-state index contributed by atoms with van der Waals surface area (Å²) in [4.78, 5) is 4.68. The van der Waals surface area contributed by atoms with Crippen LogP contribution in [0.1, 0.15) is 31.4 Å². The van der Waals surface area contributed by atoms with Gasteiger partial charge in [-0.3, -0.25) is 0 Å². The van der Waals surface area contributed by atoms with E-state index in [1.165, 1.54) is 11.1 Å². The molecule has 1 saturated heterocycles. The standard InChI is InChI=1S/C15H20N2OS/c1-10(2)7-11-9-18-13(8-16-11)15-17-12-5-3-4-6-14(12)19-15/h3-6,10-11,13,16H,7-9H2,1-2H3. The molecule has 0 radical (unpaired) electrons. The highest BCUT2D eigenvalue weighted by atomic mass is 32.1. The second kappa shape index (κ2) is 5.57. The Balaban J connectivity index is 1.68. The number of thiazole rings is 1. The molecule has 1 aliphatic rings. The summed E-state index contributed by atoms with van der Waals surface area (Å²) < 4.78 is 7.23. The lowest BCUT2D eigenvalue weighted by Gasteiger charge is -2.30. The summed E-state index contributed by atoms with van der Waals surface area (Å²) >= 11 is 1.74. The van der Waals surface area contributed by atoms with Crippen LogP contribution in [-0.4, -0.2) is 24.2 Å². The normalized spacial score (nSPS) is 24.2. The lowest BCUT2D eigenvalue weighted by Crippen LogP contribution is -2.43. The Morgan fingerprint density at radius 2 is 2.26 bits per heavy atom. The number of benzene rings is 1. The van der Waals surface area contributed by atoms with Crippen molar-refractivity contribution in [3.63, 3.8) is 0 Å². The minimum absolute atomic E-state index is 0.112. The molecule has 0 spiro atoms. The second-order valence-electron chi connectivity index (χ2n) is 5.58. The van der Waals surface area contributed by atoms with E-state index in [4.69, 9.17) is 4.74 Å². The zero-order chi connectivity index (χ0) is 13.2. The average molecular weight is 276 g/mol. The van der Waals surface area contributed by atoms with Gasteiger partial charge in [-0.2, -0.15) is 0 Å². The summed E-state index contributed by atoms with van der Waals surface area (Å²) in [6.07, 6.45) is 1.29. The maximum Gasteiger partial charge on any atom is 0.124 e. The quantitative estimate of drug-likeness (QED) is 0.933.